The van der Waals surface area contributed by atoms with Gasteiger partial charge in [0.15, 0.2) is 0 Å². The number of hydrogen-bond acceptors (Lipinski definition) is 1. The van der Waals surface area contributed by atoms with Crippen molar-refractivity contribution in [2.75, 3.05) is 6.61 Å². The maximum atomic E-state index is 5.57. The van der Waals surface area contributed by atoms with Crippen LogP contribution in [-0.2, 0) is 4.43 Å². The predicted octanol–water partition coefficient (Wildman–Crippen LogP) is 5.37. The monoisotopic (exact) mass is 256 g/mol. The van der Waals surface area contributed by atoms with Gasteiger partial charge in [0.05, 0.1) is 0 Å². The molecule has 0 bridgehead atoms. The average Bonchev–Trinajstić information content (AvgIpc) is 2.35. The molecule has 2 heteroatoms. The number of hydrogen-bond donors (Lipinski definition) is 0. The molecule has 0 fully saturated rings. The van der Waals surface area contributed by atoms with Crippen molar-refractivity contribution in [3.63, 3.8) is 0 Å². The maximum Gasteiger partial charge on any atom is 0.229 e. The van der Waals surface area contributed by atoms with Gasteiger partial charge in [-0.2, -0.15) is 0 Å². The second-order valence-electron chi connectivity index (χ2n) is 4.92. The van der Waals surface area contributed by atoms with E-state index < -0.39 is 0 Å². The Hall–Kier alpha value is 0.177. The van der Waals surface area contributed by atoms with Crippen LogP contribution >= 0.6 is 0 Å². The minimum absolute atomic E-state index is 0.744. The zero-order valence-electron chi connectivity index (χ0n) is 12.1. The van der Waals surface area contributed by atoms with E-state index in [1.165, 1.54) is 76.7 Å². The zero-order chi connectivity index (χ0) is 12.6. The quantitative estimate of drug-likeness (QED) is 0.300. The molecule has 0 spiro atoms. The van der Waals surface area contributed by atoms with Gasteiger partial charge in [-0.3, -0.25) is 0 Å². The third-order valence-corrected chi connectivity index (χ3v) is 4.17. The lowest BCUT2D eigenvalue weighted by Gasteiger charge is -2.03. The Morgan fingerprint density at radius 3 is 1.71 bits per heavy atom. The van der Waals surface area contributed by atoms with Crippen LogP contribution in [0.1, 0.15) is 84.5 Å². The summed E-state index contributed by atoms with van der Waals surface area (Å²) in [6.45, 7) is 5.50. The van der Waals surface area contributed by atoms with E-state index in [0.29, 0.717) is 0 Å². The molecule has 17 heavy (non-hydrogen) atoms. The second-order valence-corrected chi connectivity index (χ2v) is 6.00. The fraction of sp³-hybridized carbons (Fsp3) is 1.00. The Balaban J connectivity index is 2.85. The van der Waals surface area contributed by atoms with E-state index in [-0.39, 0.29) is 0 Å². The molecule has 1 nitrogen and oxygen atoms in total. The zero-order valence-corrected chi connectivity index (χ0v) is 13.1. The lowest BCUT2D eigenvalue weighted by molar-refractivity contribution is 0.319. The van der Waals surface area contributed by atoms with Gasteiger partial charge in [-0.05, 0) is 12.5 Å². The summed E-state index contributed by atoms with van der Waals surface area (Å²) in [6, 6.07) is 1.25. The van der Waals surface area contributed by atoms with E-state index in [0.717, 1.165) is 16.4 Å². The van der Waals surface area contributed by atoms with Gasteiger partial charge in [-0.1, -0.05) is 78.1 Å². The first-order valence-corrected chi connectivity index (χ1v) is 8.88. The van der Waals surface area contributed by atoms with Crippen LogP contribution < -0.4 is 0 Å². The largest absolute Gasteiger partial charge is 0.417 e. The van der Waals surface area contributed by atoms with Crippen LogP contribution in [0.3, 0.4) is 0 Å². The first-order chi connectivity index (χ1) is 8.41. The van der Waals surface area contributed by atoms with Crippen molar-refractivity contribution in [3.05, 3.63) is 0 Å². The summed E-state index contributed by atoms with van der Waals surface area (Å²) in [5.74, 6) is 0. The molecule has 0 aliphatic rings. The molecular weight excluding hydrogens is 224 g/mol. The highest BCUT2D eigenvalue weighted by Gasteiger charge is 1.93. The molecule has 0 aromatic rings. The van der Waals surface area contributed by atoms with Crippen molar-refractivity contribution in [3.8, 4) is 0 Å². The molecule has 0 heterocycles. The lowest BCUT2D eigenvalue weighted by Crippen LogP contribution is -1.99. The van der Waals surface area contributed by atoms with Gasteiger partial charge < -0.3 is 4.43 Å². The number of rotatable bonds is 14. The molecule has 0 aromatic heterocycles. The van der Waals surface area contributed by atoms with Gasteiger partial charge in [-0.25, -0.2) is 0 Å². The summed E-state index contributed by atoms with van der Waals surface area (Å²) >= 11 is 0. The molecule has 0 atom stereocenters. The van der Waals surface area contributed by atoms with Crippen molar-refractivity contribution >= 4 is 9.76 Å². The fourth-order valence-electron chi connectivity index (χ4n) is 1.91. The molecular formula is C15H32OSi. The van der Waals surface area contributed by atoms with E-state index in [2.05, 4.69) is 13.8 Å². The Morgan fingerprint density at radius 1 is 0.647 bits per heavy atom. The highest BCUT2D eigenvalue weighted by Crippen LogP contribution is 2.10. The Labute approximate surface area is 112 Å². The van der Waals surface area contributed by atoms with Gasteiger partial charge >= 0.3 is 0 Å². The Kier molecular flexibility index (Phi) is 16.3. The molecule has 0 rings (SSSR count). The SMILES string of the molecule is CCCCCCCCCCCCO[Si]CCC. The highest BCUT2D eigenvalue weighted by molar-refractivity contribution is 6.26. The topological polar surface area (TPSA) is 9.23 Å². The molecule has 2 radical (unpaired) electrons. The first-order valence-electron chi connectivity index (χ1n) is 7.76. The summed E-state index contributed by atoms with van der Waals surface area (Å²) in [5.41, 5.74) is 0. The van der Waals surface area contributed by atoms with Crippen molar-refractivity contribution < 1.29 is 4.43 Å². The van der Waals surface area contributed by atoms with Gasteiger partial charge in [0.25, 0.3) is 0 Å². The number of unbranched alkanes of at least 4 members (excludes halogenated alkanes) is 9. The maximum absolute atomic E-state index is 5.57. The van der Waals surface area contributed by atoms with Crippen LogP contribution in [0.5, 0.6) is 0 Å². The van der Waals surface area contributed by atoms with Gasteiger partial charge in [0, 0.05) is 6.61 Å². The fourth-order valence-corrected chi connectivity index (χ4v) is 2.55. The minimum atomic E-state index is 0.744. The highest BCUT2D eigenvalue weighted by atomic mass is 28.2. The van der Waals surface area contributed by atoms with Crippen molar-refractivity contribution in [1.82, 2.24) is 0 Å². The first kappa shape index (κ1) is 17.2. The average molecular weight is 257 g/mol. The van der Waals surface area contributed by atoms with Crippen LogP contribution in [0.2, 0.25) is 6.04 Å². The van der Waals surface area contributed by atoms with Crippen molar-refractivity contribution in [2.24, 2.45) is 0 Å². The molecule has 0 aliphatic carbocycles. The standard InChI is InChI=1S/C15H32OSi/c1-3-5-6-7-8-9-10-11-12-13-14-16-17-15-4-2/h3-15H2,1-2H3. The summed E-state index contributed by atoms with van der Waals surface area (Å²) in [4.78, 5) is 0. The summed E-state index contributed by atoms with van der Waals surface area (Å²) in [6.07, 6.45) is 15.3. The molecule has 0 saturated heterocycles. The van der Waals surface area contributed by atoms with Gasteiger partial charge in [-0.15, -0.1) is 0 Å². The van der Waals surface area contributed by atoms with Crippen molar-refractivity contribution in [1.29, 1.82) is 0 Å². The lowest BCUT2D eigenvalue weighted by atomic mass is 10.1. The molecule has 0 saturated carbocycles. The normalized spacial score (nSPS) is 10.9. The molecule has 0 unspecified atom stereocenters. The van der Waals surface area contributed by atoms with Crippen LogP contribution in [0.25, 0.3) is 0 Å². The molecule has 0 N–H and O–H groups in total. The van der Waals surface area contributed by atoms with E-state index in [1.807, 2.05) is 0 Å². The van der Waals surface area contributed by atoms with Crippen LogP contribution in [0.15, 0.2) is 0 Å². The van der Waals surface area contributed by atoms with Crippen LogP contribution in [-0.4, -0.2) is 16.4 Å². The molecule has 102 valence electrons. The van der Waals surface area contributed by atoms with Crippen molar-refractivity contribution in [2.45, 2.75) is 90.5 Å². The Bertz CT molecular complexity index is 114. The molecule has 0 aromatic carbocycles. The Morgan fingerprint density at radius 2 is 1.18 bits per heavy atom. The third-order valence-electron chi connectivity index (χ3n) is 3.05. The van der Waals surface area contributed by atoms with E-state index >= 15 is 0 Å². The van der Waals surface area contributed by atoms with Crippen LogP contribution in [0, 0.1) is 0 Å². The van der Waals surface area contributed by atoms with E-state index in [4.69, 9.17) is 4.43 Å². The van der Waals surface area contributed by atoms with Gasteiger partial charge in [0.2, 0.25) is 9.76 Å². The third kappa shape index (κ3) is 16.2. The smallest absolute Gasteiger partial charge is 0.229 e. The molecule has 0 aliphatic heterocycles. The van der Waals surface area contributed by atoms with E-state index in [9.17, 15) is 0 Å². The van der Waals surface area contributed by atoms with Gasteiger partial charge in [0.1, 0.15) is 0 Å². The second kappa shape index (κ2) is 16.2. The summed E-state index contributed by atoms with van der Waals surface area (Å²) in [5, 5.41) is 0. The summed E-state index contributed by atoms with van der Waals surface area (Å²) in [7, 11) is 0.744. The van der Waals surface area contributed by atoms with E-state index in [1.54, 1.807) is 0 Å². The summed E-state index contributed by atoms with van der Waals surface area (Å²) < 4.78 is 5.57. The minimum Gasteiger partial charge on any atom is -0.417 e. The van der Waals surface area contributed by atoms with Crippen LogP contribution in [0.4, 0.5) is 0 Å². The predicted molar refractivity (Wildman–Crippen MR) is 78.6 cm³/mol. The molecule has 0 amide bonds.